The van der Waals surface area contributed by atoms with Crippen LogP contribution in [0.5, 0.6) is 0 Å². The Kier molecular flexibility index (Phi) is 15.9. The molecule has 202 valence electrons. The molecular formula is C31H45N4PPb2. The first-order chi connectivity index (χ1) is 18.3. The Morgan fingerprint density at radius 1 is 1.03 bits per heavy atom. The van der Waals surface area contributed by atoms with E-state index in [9.17, 15) is 0 Å². The van der Waals surface area contributed by atoms with Gasteiger partial charge in [0.15, 0.2) is 0 Å². The number of benzene rings is 2. The number of rotatable bonds is 14. The van der Waals surface area contributed by atoms with Crippen LogP contribution in [0.4, 0.5) is 0 Å². The molecule has 6 radical (unpaired) electrons. The van der Waals surface area contributed by atoms with Crippen molar-refractivity contribution in [2.24, 2.45) is 0 Å². The Balaban J connectivity index is 0.00000247. The minimum atomic E-state index is 0.221. The smallest absolute Gasteiger partial charge is 0.0683 e. The van der Waals surface area contributed by atoms with Crippen LogP contribution < -0.4 is 10.6 Å². The summed E-state index contributed by atoms with van der Waals surface area (Å²) in [6.45, 7) is 22.0. The Hall–Kier alpha value is -0.546. The van der Waals surface area contributed by atoms with Crippen LogP contribution in [0.25, 0.3) is 0 Å². The van der Waals surface area contributed by atoms with Crippen LogP contribution in [-0.2, 0) is 13.0 Å². The third kappa shape index (κ3) is 10.8. The summed E-state index contributed by atoms with van der Waals surface area (Å²) in [7, 11) is 2.91. The predicted octanol–water partition coefficient (Wildman–Crippen LogP) is 5.11. The molecule has 1 saturated heterocycles. The molecule has 1 aliphatic heterocycles. The van der Waals surface area contributed by atoms with Gasteiger partial charge in [0.2, 0.25) is 0 Å². The Labute approximate surface area is 266 Å². The summed E-state index contributed by atoms with van der Waals surface area (Å²) in [5.74, 6) is 0.221. The molecule has 0 saturated carbocycles. The minimum Gasteiger partial charge on any atom is -0.0683 e. The van der Waals surface area contributed by atoms with E-state index in [1.165, 1.54) is 87.7 Å². The van der Waals surface area contributed by atoms with Gasteiger partial charge in [0.05, 0.1) is 0 Å². The number of likely N-dealkylation sites (tertiary alicyclic amines) is 1. The molecule has 4 nitrogen and oxygen atoms in total. The third-order valence-corrected chi connectivity index (χ3v) is 10.8. The summed E-state index contributed by atoms with van der Waals surface area (Å²) in [4.78, 5) is 5.02. The van der Waals surface area contributed by atoms with Gasteiger partial charge in [-0.15, -0.1) is 9.24 Å². The molecule has 0 bridgehead atoms. The SMILES string of the molecule is C=C(Cc1ccc(C(P)NCc2ccccc2)cc1)NC1CC(C(=C)C)N(C(=C)CN([CH2][Pb])[CH2][Pb])C1.CC. The molecule has 2 N–H and O–H groups in total. The second-order valence-corrected chi connectivity index (χ2v) is 12.8. The van der Waals surface area contributed by atoms with E-state index in [0.29, 0.717) is 12.1 Å². The second-order valence-electron chi connectivity index (χ2n) is 9.67. The van der Waals surface area contributed by atoms with E-state index in [2.05, 4.69) is 111 Å². The molecule has 1 aliphatic rings. The number of nitrogens with one attached hydrogen (secondary N) is 2. The van der Waals surface area contributed by atoms with Crippen LogP contribution in [-0.4, -0.2) is 94.7 Å². The van der Waals surface area contributed by atoms with E-state index in [-0.39, 0.29) is 5.78 Å². The van der Waals surface area contributed by atoms with Crippen molar-refractivity contribution in [2.75, 3.05) is 21.3 Å². The second kappa shape index (κ2) is 18.0. The van der Waals surface area contributed by atoms with Crippen molar-refractivity contribution in [3.8, 4) is 0 Å². The van der Waals surface area contributed by atoms with E-state index in [1.54, 1.807) is 0 Å². The molecule has 0 spiro atoms. The van der Waals surface area contributed by atoms with Gasteiger partial charge in [0, 0.05) is 12.3 Å². The standard InChI is InChI=1S/C29H39N4P.C2H6.2Pb/c1-21(2)28-17-27(20-33(28)23(4)19-32(5)6)31-22(3)16-24-12-14-26(15-13-24)29(34)30-18-25-10-8-7-9-11-25;1-2;;/h7-15,27-31H,1,3-6,16-20,34H2,2H3;1-2H3;;. The van der Waals surface area contributed by atoms with Gasteiger partial charge in [-0.1, -0.05) is 56.3 Å². The van der Waals surface area contributed by atoms with Crippen molar-refractivity contribution in [1.29, 1.82) is 0 Å². The summed E-state index contributed by atoms with van der Waals surface area (Å²) >= 11 is 2.42. The van der Waals surface area contributed by atoms with Crippen LogP contribution in [0.1, 0.15) is 49.7 Å². The van der Waals surface area contributed by atoms with Crippen molar-refractivity contribution in [2.45, 2.75) is 58.0 Å². The molecule has 1 heterocycles. The zero-order valence-corrected chi connectivity index (χ0v) is 32.4. The Bertz CT molecular complexity index is 1010. The van der Waals surface area contributed by atoms with Gasteiger partial charge >= 0.3 is 174 Å². The van der Waals surface area contributed by atoms with Gasteiger partial charge in [-0.25, -0.2) is 0 Å². The summed E-state index contributed by atoms with van der Waals surface area (Å²) < 4.78 is 2.43. The van der Waals surface area contributed by atoms with Gasteiger partial charge in [-0.2, -0.15) is 0 Å². The molecule has 2 aromatic rings. The van der Waals surface area contributed by atoms with E-state index in [1.807, 2.05) is 13.8 Å². The Morgan fingerprint density at radius 2 is 1.66 bits per heavy atom. The van der Waals surface area contributed by atoms with Crippen LogP contribution in [0.15, 0.2) is 91.3 Å². The number of hydrogen-bond donors (Lipinski definition) is 2. The summed E-state index contributed by atoms with van der Waals surface area (Å²) in [5, 5.41) is 7.30. The number of hydrogen-bond acceptors (Lipinski definition) is 4. The molecule has 4 unspecified atom stereocenters. The molecular weight excluding hydrogens is 874 g/mol. The average Bonchev–Trinajstić information content (AvgIpc) is 3.36. The summed E-state index contributed by atoms with van der Waals surface area (Å²) in [6.07, 6.45) is 1.89. The molecule has 0 aromatic heterocycles. The van der Waals surface area contributed by atoms with Crippen molar-refractivity contribution >= 4 is 60.8 Å². The quantitative estimate of drug-likeness (QED) is 0.157. The van der Waals surface area contributed by atoms with Gasteiger partial charge in [0.1, 0.15) is 0 Å². The normalized spacial score (nSPS) is 17.5. The van der Waals surface area contributed by atoms with E-state index in [0.717, 1.165) is 38.2 Å². The van der Waals surface area contributed by atoms with E-state index >= 15 is 0 Å². The van der Waals surface area contributed by atoms with Crippen molar-refractivity contribution in [3.05, 3.63) is 108 Å². The van der Waals surface area contributed by atoms with Crippen LogP contribution in [0.3, 0.4) is 0 Å². The molecule has 7 heteroatoms. The van der Waals surface area contributed by atoms with Gasteiger partial charge < -0.3 is 5.32 Å². The maximum Gasteiger partial charge on any atom is -0.0683 e. The first-order valence-electron chi connectivity index (χ1n) is 13.5. The average molecular weight is 919 g/mol. The van der Waals surface area contributed by atoms with Gasteiger partial charge in [0.25, 0.3) is 0 Å². The van der Waals surface area contributed by atoms with Crippen molar-refractivity contribution < 1.29 is 0 Å². The van der Waals surface area contributed by atoms with Crippen molar-refractivity contribution in [3.63, 3.8) is 0 Å². The zero-order chi connectivity index (χ0) is 28.1. The predicted molar refractivity (Wildman–Crippen MR) is 170 cm³/mol. The topological polar surface area (TPSA) is 30.5 Å². The monoisotopic (exact) mass is 920 g/mol. The molecule has 3 rings (SSSR count). The number of nitrogens with zero attached hydrogens (tertiary/aromatic N) is 2. The van der Waals surface area contributed by atoms with E-state index in [4.69, 9.17) is 0 Å². The summed E-state index contributed by atoms with van der Waals surface area (Å²) in [5.41, 5.74) is 7.37. The Morgan fingerprint density at radius 3 is 2.24 bits per heavy atom. The third-order valence-electron chi connectivity index (χ3n) is 6.66. The maximum atomic E-state index is 4.46. The fourth-order valence-electron chi connectivity index (χ4n) is 4.64. The van der Waals surface area contributed by atoms with E-state index < -0.39 is 0 Å². The summed E-state index contributed by atoms with van der Waals surface area (Å²) in [6, 6.07) is 20.1. The largest absolute Gasteiger partial charge is 0.0683 e. The van der Waals surface area contributed by atoms with Crippen LogP contribution in [0, 0.1) is 0 Å². The van der Waals surface area contributed by atoms with Crippen LogP contribution >= 0.6 is 9.24 Å². The molecule has 38 heavy (non-hydrogen) atoms. The zero-order valence-electron chi connectivity index (χ0n) is 23.5. The van der Waals surface area contributed by atoms with Gasteiger partial charge in [-0.05, 0) is 11.1 Å². The maximum absolute atomic E-state index is 4.46. The molecule has 0 aliphatic carbocycles. The minimum absolute atomic E-state index is 0.221. The van der Waals surface area contributed by atoms with Gasteiger partial charge in [-0.3, -0.25) is 0 Å². The fourth-order valence-corrected chi connectivity index (χ4v) is 10.1. The first-order valence-corrected chi connectivity index (χ1v) is 19.6. The van der Waals surface area contributed by atoms with Crippen molar-refractivity contribution in [1.82, 2.24) is 20.4 Å². The molecule has 4 atom stereocenters. The molecule has 0 amide bonds. The van der Waals surface area contributed by atoms with Crippen LogP contribution in [0.2, 0.25) is 0 Å². The molecule has 1 fully saturated rings. The fraction of sp³-hybridized carbons (Fsp3) is 0.419. The first kappa shape index (κ1) is 33.7. The number of allylic oxidation sites excluding steroid dienone is 1. The molecule has 2 aromatic carbocycles.